The van der Waals surface area contributed by atoms with Crippen LogP contribution in [-0.2, 0) is 44.6 Å². The maximum absolute atomic E-state index is 13.8. The number of anilines is 4. The van der Waals surface area contributed by atoms with Crippen molar-refractivity contribution < 1.29 is 64.7 Å². The van der Waals surface area contributed by atoms with Crippen molar-refractivity contribution in [3.8, 4) is 0 Å². The Morgan fingerprint density at radius 3 is 0.947 bits per heavy atom. The maximum Gasteiger partial charge on any atom is 0.416 e. The summed E-state index contributed by atoms with van der Waals surface area (Å²) in [5, 5.41) is 15.7. The molecule has 396 valence electrons. The van der Waals surface area contributed by atoms with Crippen LogP contribution in [0, 0.1) is 0 Å². The van der Waals surface area contributed by atoms with Gasteiger partial charge in [0.2, 0.25) is 23.6 Å². The first kappa shape index (κ1) is 58.8. The van der Waals surface area contributed by atoms with Crippen molar-refractivity contribution in [3.05, 3.63) is 188 Å². The average Bonchev–Trinajstić information content (AvgIpc) is 3.36. The summed E-state index contributed by atoms with van der Waals surface area (Å²) in [4.78, 5) is 102. The minimum atomic E-state index is -4.52. The van der Waals surface area contributed by atoms with Gasteiger partial charge in [-0.15, -0.1) is 23.2 Å². The van der Waals surface area contributed by atoms with Gasteiger partial charge in [-0.1, -0.05) is 99.8 Å². The number of carbonyl (C=O) groups excluding carboxylic acids is 8. The van der Waals surface area contributed by atoms with Crippen LogP contribution in [0.3, 0.4) is 0 Å². The zero-order valence-corrected chi connectivity index (χ0v) is 39.6. The van der Waals surface area contributed by atoms with E-state index in [0.29, 0.717) is 11.1 Å². The van der Waals surface area contributed by atoms with E-state index in [-0.39, 0.29) is 126 Å². The van der Waals surface area contributed by atoms with Crippen LogP contribution < -0.4 is 31.9 Å². The summed E-state index contributed by atoms with van der Waals surface area (Å²) in [5.74, 6) is -4.89. The fourth-order valence-corrected chi connectivity index (χ4v) is 8.15. The van der Waals surface area contributed by atoms with Crippen LogP contribution >= 0.6 is 23.2 Å². The topological polar surface area (TPSA) is 209 Å². The van der Waals surface area contributed by atoms with Crippen LogP contribution in [0.5, 0.6) is 0 Å². The highest BCUT2D eigenvalue weighted by Crippen LogP contribution is 2.38. The number of fused-ring (bicyclic) bond motifs is 4. The summed E-state index contributed by atoms with van der Waals surface area (Å²) < 4.78 is 78.0. The van der Waals surface area contributed by atoms with Gasteiger partial charge in [0.25, 0.3) is 0 Å². The number of amides is 4. The van der Waals surface area contributed by atoms with Gasteiger partial charge in [0.1, 0.15) is 11.8 Å². The predicted molar refractivity (Wildman–Crippen MR) is 275 cm³/mol. The van der Waals surface area contributed by atoms with Crippen molar-refractivity contribution in [2.24, 2.45) is 0 Å². The molecule has 22 heteroatoms. The highest BCUT2D eigenvalue weighted by Gasteiger charge is 2.36. The third-order valence-corrected chi connectivity index (χ3v) is 11.7. The van der Waals surface area contributed by atoms with Crippen molar-refractivity contribution in [1.29, 1.82) is 0 Å². The normalized spacial score (nSPS) is 12.2. The van der Waals surface area contributed by atoms with Crippen LogP contribution in [0.1, 0.15) is 101 Å². The fraction of sp³-hybridized carbons (Fsp3) is 0.185. The Morgan fingerprint density at radius 1 is 0.395 bits per heavy atom. The molecule has 2 aliphatic carbocycles. The zero-order valence-electron chi connectivity index (χ0n) is 38.1. The van der Waals surface area contributed by atoms with Gasteiger partial charge in [-0.25, -0.2) is 0 Å². The first-order valence-corrected chi connectivity index (χ1v) is 23.0. The van der Waals surface area contributed by atoms with E-state index >= 15 is 0 Å². The van der Waals surface area contributed by atoms with Crippen molar-refractivity contribution in [1.82, 2.24) is 10.6 Å². The number of hydrogen-bond acceptors (Lipinski definition) is 10. The number of nitrogens with one attached hydrogen (secondary N) is 6. The highest BCUT2D eigenvalue weighted by atomic mass is 35.5. The first-order valence-electron chi connectivity index (χ1n) is 22.0. The molecule has 0 radical (unpaired) electrons. The Kier molecular flexibility index (Phi) is 19.4. The Morgan fingerprint density at radius 2 is 0.671 bits per heavy atom. The van der Waals surface area contributed by atoms with E-state index in [4.69, 9.17) is 23.2 Å². The molecule has 0 atom stereocenters. The van der Waals surface area contributed by atoms with Crippen LogP contribution in [0.25, 0.3) is 0 Å². The molecule has 6 aromatic carbocycles. The second kappa shape index (κ2) is 25.0. The Bertz CT molecular complexity index is 3070. The van der Waals surface area contributed by atoms with Gasteiger partial charge in [0, 0.05) is 35.3 Å². The minimum absolute atomic E-state index is 0. The van der Waals surface area contributed by atoms with Crippen LogP contribution in [-0.4, -0.2) is 71.6 Å². The number of ketones is 4. The Labute approximate surface area is 440 Å². The number of alkyl halides is 8. The van der Waals surface area contributed by atoms with Gasteiger partial charge < -0.3 is 31.9 Å². The molecular weight excluding hydrogens is 1050 g/mol. The SMILES string of the molecule is C.C.O=C(CCl)Nc1cccc2c1C(=O)c1c(NC(=O)CCl)cccc1C2=O.O=C(CNCc1cccc(C(F)(F)F)c1)Nc1cccc2c1C(=O)c1c(NC(=O)CNCc3cccc(C(F)(F)F)c3)cccc1C2=O. The van der Waals surface area contributed by atoms with Crippen molar-refractivity contribution in [2.75, 3.05) is 46.1 Å². The smallest absolute Gasteiger partial charge is 0.324 e. The molecule has 6 aromatic rings. The van der Waals surface area contributed by atoms with E-state index in [9.17, 15) is 64.7 Å². The Balaban J connectivity index is 0.000000322. The summed E-state index contributed by atoms with van der Waals surface area (Å²) in [6.07, 6.45) is -9.03. The predicted octanol–water partition coefficient (Wildman–Crippen LogP) is 10.0. The standard InChI is InChI=1S/C34H26F6N4O4.C18H12Cl2N2O4.2CH4/c35-33(36,37)21-7-1-5-19(13-21)15-41-17-27(45)43-25-11-3-9-23-29(25)32(48)30-24(31(23)47)10-4-12-26(30)44-28(46)18-42-16-20-6-2-8-22(14-20)34(38,39)40;19-7-13(23)21-11-5-1-3-9-15(11)18(26)16-10(17(9)25)4-2-6-12(16)22-14(24)8-20;;/h1-14,41-42H,15-18H2,(H,43,45)(H,44,46);1-6H,7-8H2,(H,21,23)(H,22,24);2*1H4. The van der Waals surface area contributed by atoms with Gasteiger partial charge in [-0.3, -0.25) is 38.4 Å². The van der Waals surface area contributed by atoms with Crippen LogP contribution in [0.4, 0.5) is 49.1 Å². The lowest BCUT2D eigenvalue weighted by atomic mass is 9.82. The van der Waals surface area contributed by atoms with E-state index in [2.05, 4.69) is 31.9 Å². The van der Waals surface area contributed by atoms with Gasteiger partial charge in [-0.2, -0.15) is 26.3 Å². The van der Waals surface area contributed by atoms with Crippen molar-refractivity contribution in [3.63, 3.8) is 0 Å². The third-order valence-electron chi connectivity index (χ3n) is 11.2. The lowest BCUT2D eigenvalue weighted by Crippen LogP contribution is -2.31. The maximum atomic E-state index is 13.8. The largest absolute Gasteiger partial charge is 0.416 e. The molecule has 0 unspecified atom stereocenters. The molecule has 6 N–H and O–H groups in total. The van der Waals surface area contributed by atoms with E-state index in [1.807, 2.05) is 0 Å². The second-order valence-corrected chi connectivity index (χ2v) is 16.8. The molecule has 0 aliphatic heterocycles. The number of benzene rings is 6. The molecular formula is C54H46Cl2F6N6O8. The van der Waals surface area contributed by atoms with E-state index in [1.165, 1.54) is 84.9 Å². The van der Waals surface area contributed by atoms with Crippen LogP contribution in [0.2, 0.25) is 0 Å². The monoisotopic (exact) mass is 1090 g/mol. The van der Waals surface area contributed by atoms with E-state index in [1.54, 1.807) is 12.1 Å². The molecule has 0 heterocycles. The summed E-state index contributed by atoms with van der Waals surface area (Å²) in [5.41, 5.74) is -0.319. The zero-order chi connectivity index (χ0) is 53.5. The molecule has 0 aromatic heterocycles. The van der Waals surface area contributed by atoms with Crippen molar-refractivity contribution in [2.45, 2.75) is 40.3 Å². The molecule has 76 heavy (non-hydrogen) atoms. The van der Waals surface area contributed by atoms with Gasteiger partial charge in [0.15, 0.2) is 23.1 Å². The lowest BCUT2D eigenvalue weighted by Gasteiger charge is -2.22. The number of halogens is 8. The molecule has 0 saturated heterocycles. The molecule has 0 fully saturated rings. The minimum Gasteiger partial charge on any atom is -0.324 e. The number of hydrogen-bond donors (Lipinski definition) is 6. The average molecular weight is 1090 g/mol. The first-order chi connectivity index (χ1) is 35.2. The second-order valence-electron chi connectivity index (χ2n) is 16.3. The van der Waals surface area contributed by atoms with Crippen molar-refractivity contribution >= 4 is 92.7 Å². The summed E-state index contributed by atoms with van der Waals surface area (Å²) in [7, 11) is 0. The molecule has 8 rings (SSSR count). The molecule has 2 aliphatic rings. The number of carbonyl (C=O) groups is 8. The van der Waals surface area contributed by atoms with Gasteiger partial charge in [0.05, 0.1) is 69.2 Å². The Hall–Kier alpha value is -8.04. The lowest BCUT2D eigenvalue weighted by molar-refractivity contribution is -0.138. The molecule has 0 saturated carbocycles. The molecule has 0 spiro atoms. The molecule has 14 nitrogen and oxygen atoms in total. The van der Waals surface area contributed by atoms with E-state index < -0.39 is 64.5 Å². The third kappa shape index (κ3) is 13.4. The molecule has 0 bridgehead atoms. The fourth-order valence-electron chi connectivity index (χ4n) is 8.01. The van der Waals surface area contributed by atoms with Gasteiger partial charge >= 0.3 is 12.4 Å². The highest BCUT2D eigenvalue weighted by molar-refractivity contribution is 6.35. The molecule has 4 amide bonds. The van der Waals surface area contributed by atoms with Gasteiger partial charge in [-0.05, 0) is 47.5 Å². The van der Waals surface area contributed by atoms with Crippen LogP contribution in [0.15, 0.2) is 121 Å². The number of rotatable bonds is 14. The summed E-state index contributed by atoms with van der Waals surface area (Å²) >= 11 is 11.0. The van der Waals surface area contributed by atoms with E-state index in [0.717, 1.165) is 24.3 Å². The summed E-state index contributed by atoms with van der Waals surface area (Å²) in [6.45, 7) is -0.749. The quantitative estimate of drug-likeness (QED) is 0.0449. The summed E-state index contributed by atoms with van der Waals surface area (Å²) in [6, 6.07) is 27.0.